The Hall–Kier alpha value is -1.75. The fraction of sp³-hybridized carbons (Fsp3) is 0.357. The molecule has 0 spiro atoms. The van der Waals surface area contributed by atoms with Crippen molar-refractivity contribution < 1.29 is 4.79 Å². The van der Waals surface area contributed by atoms with Gasteiger partial charge in [0.2, 0.25) is 5.91 Å². The number of amides is 1. The number of nitrogens with one attached hydrogen (secondary N) is 1. The Morgan fingerprint density at radius 3 is 2.62 bits per heavy atom. The summed E-state index contributed by atoms with van der Waals surface area (Å²) in [6.45, 7) is 5.61. The third-order valence-electron chi connectivity index (χ3n) is 2.43. The van der Waals surface area contributed by atoms with Gasteiger partial charge in [0.1, 0.15) is 0 Å². The Morgan fingerprint density at radius 1 is 1.44 bits per heavy atom. The molecule has 0 bridgehead atoms. The molecule has 0 aliphatic rings. The van der Waals surface area contributed by atoms with Gasteiger partial charge in [-0.2, -0.15) is 0 Å². The normalized spacial score (nSPS) is 10.6. The van der Waals surface area contributed by atoms with E-state index in [-0.39, 0.29) is 5.91 Å². The third kappa shape index (κ3) is 3.43. The van der Waals surface area contributed by atoms with E-state index >= 15 is 0 Å². The van der Waals surface area contributed by atoms with Crippen molar-refractivity contribution >= 4 is 5.91 Å². The molecule has 0 radical (unpaired) electrons. The average molecular weight is 215 g/mol. The zero-order valence-corrected chi connectivity index (χ0v) is 10.0. The molecule has 16 heavy (non-hydrogen) atoms. The van der Waals surface area contributed by atoms with Crippen LogP contribution in [0.1, 0.15) is 25.0 Å². The standard InChI is InChI=1S/C14H17NO/c1-5-14(3,4)15-13(16)10-12-9-7-6-8-11(12)2/h1,6-9H,10H2,2-4H3,(H,15,16). The topological polar surface area (TPSA) is 29.1 Å². The molecule has 0 saturated carbocycles. The SMILES string of the molecule is C#CC(C)(C)NC(=O)Cc1ccccc1C. The van der Waals surface area contributed by atoms with Crippen LogP contribution in [0.3, 0.4) is 0 Å². The van der Waals surface area contributed by atoms with Crippen LogP contribution < -0.4 is 5.32 Å². The van der Waals surface area contributed by atoms with Crippen molar-refractivity contribution in [3.8, 4) is 12.3 Å². The highest BCUT2D eigenvalue weighted by Crippen LogP contribution is 2.08. The second-order valence-corrected chi connectivity index (χ2v) is 4.42. The van der Waals surface area contributed by atoms with Crippen LogP contribution >= 0.6 is 0 Å². The largest absolute Gasteiger partial charge is 0.340 e. The van der Waals surface area contributed by atoms with Gasteiger partial charge in [0.15, 0.2) is 0 Å². The molecule has 1 amide bonds. The summed E-state index contributed by atoms with van der Waals surface area (Å²) in [6, 6.07) is 7.84. The lowest BCUT2D eigenvalue weighted by Gasteiger charge is -2.19. The summed E-state index contributed by atoms with van der Waals surface area (Å²) in [6.07, 6.45) is 5.69. The van der Waals surface area contributed by atoms with Gasteiger partial charge >= 0.3 is 0 Å². The van der Waals surface area contributed by atoms with Crippen LogP contribution in [0.5, 0.6) is 0 Å². The lowest BCUT2D eigenvalue weighted by Crippen LogP contribution is -2.42. The smallest absolute Gasteiger partial charge is 0.225 e. The predicted molar refractivity (Wildman–Crippen MR) is 65.9 cm³/mol. The Labute approximate surface area is 97.1 Å². The number of hydrogen-bond donors (Lipinski definition) is 1. The Bertz CT molecular complexity index is 427. The first-order chi connectivity index (χ1) is 7.44. The van der Waals surface area contributed by atoms with Crippen molar-refractivity contribution in [1.82, 2.24) is 5.32 Å². The maximum atomic E-state index is 11.7. The number of benzene rings is 1. The minimum atomic E-state index is -0.584. The monoisotopic (exact) mass is 215 g/mol. The fourth-order valence-corrected chi connectivity index (χ4v) is 1.41. The molecule has 1 aromatic rings. The summed E-state index contributed by atoms with van der Waals surface area (Å²) < 4.78 is 0. The van der Waals surface area contributed by atoms with Crippen molar-refractivity contribution in [2.24, 2.45) is 0 Å². The first kappa shape index (κ1) is 12.3. The maximum absolute atomic E-state index is 11.7. The zero-order valence-electron chi connectivity index (χ0n) is 10.0. The van der Waals surface area contributed by atoms with Crippen molar-refractivity contribution in [2.45, 2.75) is 32.7 Å². The Balaban J connectivity index is 2.67. The molecule has 1 aromatic carbocycles. The first-order valence-electron chi connectivity index (χ1n) is 5.28. The highest BCUT2D eigenvalue weighted by atomic mass is 16.1. The molecule has 0 fully saturated rings. The third-order valence-corrected chi connectivity index (χ3v) is 2.43. The molecule has 0 aliphatic carbocycles. The molecule has 0 saturated heterocycles. The number of carbonyl (C=O) groups excluding carboxylic acids is 1. The molecule has 1 rings (SSSR count). The molecular formula is C14H17NO. The van der Waals surface area contributed by atoms with Crippen molar-refractivity contribution in [3.05, 3.63) is 35.4 Å². The van der Waals surface area contributed by atoms with E-state index in [1.54, 1.807) is 0 Å². The molecule has 2 nitrogen and oxygen atoms in total. The van der Waals surface area contributed by atoms with Crippen LogP contribution in [0.15, 0.2) is 24.3 Å². The molecule has 0 atom stereocenters. The second kappa shape index (κ2) is 4.85. The number of terminal acetylenes is 1. The van der Waals surface area contributed by atoms with Gasteiger partial charge in [-0.15, -0.1) is 6.42 Å². The summed E-state index contributed by atoms with van der Waals surface area (Å²) in [7, 11) is 0. The number of rotatable bonds is 3. The highest BCUT2D eigenvalue weighted by molar-refractivity contribution is 5.80. The van der Waals surface area contributed by atoms with E-state index < -0.39 is 5.54 Å². The molecule has 84 valence electrons. The fourth-order valence-electron chi connectivity index (χ4n) is 1.41. The molecule has 0 aliphatic heterocycles. The van der Waals surface area contributed by atoms with Crippen LogP contribution in [-0.2, 0) is 11.2 Å². The van der Waals surface area contributed by atoms with E-state index in [1.807, 2.05) is 45.0 Å². The zero-order chi connectivity index (χ0) is 12.2. The quantitative estimate of drug-likeness (QED) is 0.768. The summed E-state index contributed by atoms with van der Waals surface area (Å²) in [4.78, 5) is 11.7. The summed E-state index contributed by atoms with van der Waals surface area (Å²) >= 11 is 0. The van der Waals surface area contributed by atoms with Crippen LogP contribution in [0, 0.1) is 19.3 Å². The van der Waals surface area contributed by atoms with Crippen molar-refractivity contribution in [1.29, 1.82) is 0 Å². The Kier molecular flexibility index (Phi) is 3.73. The van der Waals surface area contributed by atoms with Crippen molar-refractivity contribution in [2.75, 3.05) is 0 Å². The minimum Gasteiger partial charge on any atom is -0.340 e. The summed E-state index contributed by atoms with van der Waals surface area (Å²) in [5, 5.41) is 2.81. The Morgan fingerprint density at radius 2 is 2.06 bits per heavy atom. The summed E-state index contributed by atoms with van der Waals surface area (Å²) in [5.41, 5.74) is 1.57. The average Bonchev–Trinajstić information content (AvgIpc) is 2.21. The van der Waals surface area contributed by atoms with Gasteiger partial charge in [-0.3, -0.25) is 4.79 Å². The summed E-state index contributed by atoms with van der Waals surface area (Å²) in [5.74, 6) is 2.50. The van der Waals surface area contributed by atoms with Gasteiger partial charge in [-0.05, 0) is 31.9 Å². The first-order valence-corrected chi connectivity index (χ1v) is 5.28. The van der Waals surface area contributed by atoms with E-state index in [4.69, 9.17) is 6.42 Å². The van der Waals surface area contributed by atoms with E-state index in [2.05, 4.69) is 11.2 Å². The lowest BCUT2D eigenvalue weighted by atomic mass is 10.0. The van der Waals surface area contributed by atoms with Crippen molar-refractivity contribution in [3.63, 3.8) is 0 Å². The van der Waals surface area contributed by atoms with E-state index in [0.717, 1.165) is 11.1 Å². The molecule has 1 N–H and O–H groups in total. The second-order valence-electron chi connectivity index (χ2n) is 4.42. The van der Waals surface area contributed by atoms with Gasteiger partial charge in [0, 0.05) is 0 Å². The maximum Gasteiger partial charge on any atom is 0.225 e. The van der Waals surface area contributed by atoms with E-state index in [9.17, 15) is 4.79 Å². The van der Waals surface area contributed by atoms with Crippen LogP contribution in [-0.4, -0.2) is 11.4 Å². The highest BCUT2D eigenvalue weighted by Gasteiger charge is 2.17. The van der Waals surface area contributed by atoms with Crippen LogP contribution in [0.4, 0.5) is 0 Å². The van der Waals surface area contributed by atoms with Crippen LogP contribution in [0.25, 0.3) is 0 Å². The minimum absolute atomic E-state index is 0.0442. The number of aryl methyl sites for hydroxylation is 1. The molecular weight excluding hydrogens is 198 g/mol. The van der Waals surface area contributed by atoms with Gasteiger partial charge in [-0.1, -0.05) is 30.2 Å². The van der Waals surface area contributed by atoms with E-state index in [1.165, 1.54) is 0 Å². The number of hydrogen-bond acceptors (Lipinski definition) is 1. The van der Waals surface area contributed by atoms with Crippen LogP contribution in [0.2, 0.25) is 0 Å². The van der Waals surface area contributed by atoms with Gasteiger partial charge in [0.25, 0.3) is 0 Å². The van der Waals surface area contributed by atoms with Gasteiger partial charge in [-0.25, -0.2) is 0 Å². The molecule has 0 aromatic heterocycles. The molecule has 2 heteroatoms. The van der Waals surface area contributed by atoms with Gasteiger partial charge < -0.3 is 5.32 Å². The van der Waals surface area contributed by atoms with E-state index in [0.29, 0.717) is 6.42 Å². The molecule has 0 heterocycles. The number of carbonyl (C=O) groups is 1. The lowest BCUT2D eigenvalue weighted by molar-refractivity contribution is -0.121. The predicted octanol–water partition coefficient (Wildman–Crippen LogP) is 2.07. The van der Waals surface area contributed by atoms with Gasteiger partial charge in [0.05, 0.1) is 12.0 Å². The molecule has 0 unspecified atom stereocenters.